The average Bonchev–Trinajstić information content (AvgIpc) is 2.40. The van der Waals surface area contributed by atoms with Gasteiger partial charge in [0.2, 0.25) is 0 Å². The molecule has 1 fully saturated rings. The van der Waals surface area contributed by atoms with E-state index in [9.17, 15) is 13.2 Å². The van der Waals surface area contributed by atoms with Crippen LogP contribution in [0.4, 0.5) is 13.2 Å². The highest BCUT2D eigenvalue weighted by atomic mass is 19.4. The molecule has 1 aromatic rings. The van der Waals surface area contributed by atoms with Gasteiger partial charge >= 0.3 is 6.18 Å². The van der Waals surface area contributed by atoms with Crippen molar-refractivity contribution >= 4 is 0 Å². The predicted molar refractivity (Wildman–Crippen MR) is 68.9 cm³/mol. The van der Waals surface area contributed by atoms with E-state index < -0.39 is 11.7 Å². The zero-order chi connectivity index (χ0) is 13.9. The molecule has 0 bridgehead atoms. The molecule has 1 heterocycles. The van der Waals surface area contributed by atoms with Gasteiger partial charge in [-0.05, 0) is 24.1 Å². The maximum absolute atomic E-state index is 12.5. The minimum absolute atomic E-state index is 0.212. The molecule has 1 aliphatic rings. The molecular weight excluding hydrogens is 253 g/mol. The first kappa shape index (κ1) is 14.3. The molecule has 0 saturated carbocycles. The molecule has 0 unspecified atom stereocenters. The summed E-state index contributed by atoms with van der Waals surface area (Å²) in [6.07, 6.45) is -3.35. The van der Waals surface area contributed by atoms with Crippen LogP contribution in [0.1, 0.15) is 30.5 Å². The number of alkyl halides is 3. The number of halogens is 3. The van der Waals surface area contributed by atoms with Crippen molar-refractivity contribution in [2.24, 2.45) is 0 Å². The summed E-state index contributed by atoms with van der Waals surface area (Å²) in [4.78, 5) is 2.33. The Morgan fingerprint density at radius 2 is 1.74 bits per heavy atom. The first-order valence-electron chi connectivity index (χ1n) is 6.64. The van der Waals surface area contributed by atoms with E-state index in [1.807, 2.05) is 0 Å². The van der Waals surface area contributed by atoms with Crippen LogP contribution in [0.5, 0.6) is 0 Å². The van der Waals surface area contributed by atoms with Crippen molar-refractivity contribution in [2.45, 2.75) is 25.6 Å². The standard InChI is InChI=1S/C14H19F3N2/c1-2-13(19-9-7-18-8-10-19)11-3-5-12(6-4-11)14(15,16)17/h3-6,13,18H,2,7-10H2,1H3/t13-/m1/s1. The van der Waals surface area contributed by atoms with E-state index in [1.54, 1.807) is 12.1 Å². The highest BCUT2D eigenvalue weighted by Crippen LogP contribution is 2.31. The molecule has 2 nitrogen and oxygen atoms in total. The van der Waals surface area contributed by atoms with Crippen LogP contribution in [0.15, 0.2) is 24.3 Å². The molecule has 5 heteroatoms. The summed E-state index contributed by atoms with van der Waals surface area (Å²) >= 11 is 0. The van der Waals surface area contributed by atoms with Crippen molar-refractivity contribution in [1.82, 2.24) is 10.2 Å². The molecule has 0 aromatic heterocycles. The van der Waals surface area contributed by atoms with Gasteiger partial charge in [0.15, 0.2) is 0 Å². The van der Waals surface area contributed by atoms with Crippen molar-refractivity contribution in [2.75, 3.05) is 26.2 Å². The minimum Gasteiger partial charge on any atom is -0.314 e. The normalized spacial score (nSPS) is 19.4. The lowest BCUT2D eigenvalue weighted by Gasteiger charge is -2.34. The van der Waals surface area contributed by atoms with Crippen molar-refractivity contribution < 1.29 is 13.2 Å². The van der Waals surface area contributed by atoms with Crippen molar-refractivity contribution in [3.63, 3.8) is 0 Å². The van der Waals surface area contributed by atoms with Gasteiger partial charge in [-0.3, -0.25) is 4.90 Å². The van der Waals surface area contributed by atoms with Crippen LogP contribution in [0, 0.1) is 0 Å². The summed E-state index contributed by atoms with van der Waals surface area (Å²) in [5.74, 6) is 0. The van der Waals surface area contributed by atoms with Crippen LogP contribution in [0.25, 0.3) is 0 Å². The molecule has 2 rings (SSSR count). The van der Waals surface area contributed by atoms with E-state index in [2.05, 4.69) is 17.1 Å². The Bertz CT molecular complexity index is 394. The lowest BCUT2D eigenvalue weighted by molar-refractivity contribution is -0.137. The maximum Gasteiger partial charge on any atom is 0.416 e. The molecule has 106 valence electrons. The van der Waals surface area contributed by atoms with Gasteiger partial charge in [0.1, 0.15) is 0 Å². The number of nitrogens with one attached hydrogen (secondary N) is 1. The van der Waals surface area contributed by atoms with Crippen LogP contribution >= 0.6 is 0 Å². The van der Waals surface area contributed by atoms with Gasteiger partial charge in [-0.2, -0.15) is 13.2 Å². The van der Waals surface area contributed by atoms with Gasteiger partial charge in [0, 0.05) is 32.2 Å². The maximum atomic E-state index is 12.5. The highest BCUT2D eigenvalue weighted by molar-refractivity contribution is 5.27. The second-order valence-electron chi connectivity index (χ2n) is 4.83. The van der Waals surface area contributed by atoms with E-state index in [0.717, 1.165) is 38.2 Å². The first-order valence-corrected chi connectivity index (χ1v) is 6.64. The summed E-state index contributed by atoms with van der Waals surface area (Å²) < 4.78 is 37.6. The molecule has 0 amide bonds. The van der Waals surface area contributed by atoms with Crippen LogP contribution in [0.2, 0.25) is 0 Å². The topological polar surface area (TPSA) is 15.3 Å². The van der Waals surface area contributed by atoms with Crippen LogP contribution in [0.3, 0.4) is 0 Å². The van der Waals surface area contributed by atoms with Crippen LogP contribution in [-0.4, -0.2) is 31.1 Å². The molecule has 1 N–H and O–H groups in total. The van der Waals surface area contributed by atoms with Gasteiger partial charge in [0.25, 0.3) is 0 Å². The number of nitrogens with zero attached hydrogens (tertiary/aromatic N) is 1. The Balaban J connectivity index is 2.14. The fourth-order valence-electron chi connectivity index (χ4n) is 2.59. The minimum atomic E-state index is -4.25. The number of piperazine rings is 1. The summed E-state index contributed by atoms with van der Waals surface area (Å²) in [7, 11) is 0. The quantitative estimate of drug-likeness (QED) is 0.909. The smallest absolute Gasteiger partial charge is 0.314 e. The van der Waals surface area contributed by atoms with E-state index in [0.29, 0.717) is 0 Å². The Hall–Kier alpha value is -1.07. The molecule has 19 heavy (non-hydrogen) atoms. The van der Waals surface area contributed by atoms with Gasteiger partial charge in [-0.25, -0.2) is 0 Å². The fourth-order valence-corrected chi connectivity index (χ4v) is 2.59. The highest BCUT2D eigenvalue weighted by Gasteiger charge is 2.30. The summed E-state index contributed by atoms with van der Waals surface area (Å²) in [6, 6.07) is 5.79. The lowest BCUT2D eigenvalue weighted by Crippen LogP contribution is -2.45. The zero-order valence-electron chi connectivity index (χ0n) is 11.0. The number of hydrogen-bond donors (Lipinski definition) is 1. The second-order valence-corrected chi connectivity index (χ2v) is 4.83. The van der Waals surface area contributed by atoms with Gasteiger partial charge in [0.05, 0.1) is 5.56 Å². The molecular formula is C14H19F3N2. The molecule has 1 saturated heterocycles. The third-order valence-electron chi connectivity index (χ3n) is 3.60. The average molecular weight is 272 g/mol. The lowest BCUT2D eigenvalue weighted by atomic mass is 10.0. The van der Waals surface area contributed by atoms with E-state index in [-0.39, 0.29) is 6.04 Å². The van der Waals surface area contributed by atoms with Crippen molar-refractivity contribution in [3.05, 3.63) is 35.4 Å². The fraction of sp³-hybridized carbons (Fsp3) is 0.571. The third-order valence-corrected chi connectivity index (χ3v) is 3.60. The zero-order valence-corrected chi connectivity index (χ0v) is 11.0. The van der Waals surface area contributed by atoms with E-state index in [4.69, 9.17) is 0 Å². The van der Waals surface area contributed by atoms with Gasteiger partial charge in [-0.1, -0.05) is 19.1 Å². The molecule has 1 atom stereocenters. The van der Waals surface area contributed by atoms with Gasteiger partial charge < -0.3 is 5.32 Å². The Morgan fingerprint density at radius 3 is 2.21 bits per heavy atom. The molecule has 0 aliphatic carbocycles. The summed E-state index contributed by atoms with van der Waals surface area (Å²) in [6.45, 7) is 5.84. The summed E-state index contributed by atoms with van der Waals surface area (Å²) in [5, 5.41) is 3.28. The Kier molecular flexibility index (Phi) is 4.47. The molecule has 0 radical (unpaired) electrons. The molecule has 0 spiro atoms. The molecule has 1 aromatic carbocycles. The number of benzene rings is 1. The van der Waals surface area contributed by atoms with E-state index in [1.165, 1.54) is 12.1 Å². The molecule has 1 aliphatic heterocycles. The van der Waals surface area contributed by atoms with Gasteiger partial charge in [-0.15, -0.1) is 0 Å². The Labute approximate surface area is 111 Å². The predicted octanol–water partition coefficient (Wildman–Crippen LogP) is 3.06. The first-order chi connectivity index (χ1) is 9.02. The number of hydrogen-bond acceptors (Lipinski definition) is 2. The second kappa shape index (κ2) is 5.92. The van der Waals surface area contributed by atoms with Crippen molar-refractivity contribution in [1.29, 1.82) is 0 Å². The third kappa shape index (κ3) is 3.48. The van der Waals surface area contributed by atoms with E-state index >= 15 is 0 Å². The summed E-state index contributed by atoms with van der Waals surface area (Å²) in [5.41, 5.74) is 0.392. The SMILES string of the molecule is CC[C@H](c1ccc(C(F)(F)F)cc1)N1CCNCC1. The monoisotopic (exact) mass is 272 g/mol. The number of rotatable bonds is 3. The largest absolute Gasteiger partial charge is 0.416 e. The Morgan fingerprint density at radius 1 is 1.16 bits per heavy atom. The van der Waals surface area contributed by atoms with Crippen LogP contribution < -0.4 is 5.32 Å². The van der Waals surface area contributed by atoms with Crippen molar-refractivity contribution in [3.8, 4) is 0 Å². The van der Waals surface area contributed by atoms with Crippen LogP contribution in [-0.2, 0) is 6.18 Å².